The van der Waals surface area contributed by atoms with E-state index in [1.165, 1.54) is 12.1 Å². The maximum absolute atomic E-state index is 17.0. The molecule has 0 bridgehead atoms. The van der Waals surface area contributed by atoms with Crippen LogP contribution in [0.1, 0.15) is 61.3 Å². The molecule has 2 aromatic heterocycles. The number of likely N-dealkylation sites (N-methyl/N-ethyl adjacent to an activating group) is 1. The number of halogens is 3. The van der Waals surface area contributed by atoms with Crippen molar-refractivity contribution >= 4 is 67.2 Å². The molecule has 4 heterocycles. The highest BCUT2D eigenvalue weighted by atomic mass is 35.5. The van der Waals surface area contributed by atoms with E-state index in [1.807, 2.05) is 39.6 Å². The van der Waals surface area contributed by atoms with Gasteiger partial charge in [0.1, 0.15) is 35.0 Å². The Morgan fingerprint density at radius 2 is 1.75 bits per heavy atom. The third-order valence-electron chi connectivity index (χ3n) is 8.85. The van der Waals surface area contributed by atoms with Gasteiger partial charge in [-0.25, -0.2) is 23.4 Å². The Balaban J connectivity index is 1.41. The number of carbonyl (C=O) groups excluding carboxylic acids is 2. The zero-order valence-corrected chi connectivity index (χ0v) is 32.2. The second-order valence-corrected chi connectivity index (χ2v) is 16.7. The van der Waals surface area contributed by atoms with Crippen LogP contribution in [-0.4, -0.2) is 100 Å². The van der Waals surface area contributed by atoms with Crippen molar-refractivity contribution in [3.63, 3.8) is 0 Å². The highest BCUT2D eigenvalue weighted by molar-refractivity contribution is 7.22. The fourth-order valence-electron chi connectivity index (χ4n) is 6.44. The summed E-state index contributed by atoms with van der Waals surface area (Å²) in [5.41, 5.74) is -1.17. The van der Waals surface area contributed by atoms with Crippen LogP contribution in [-0.2, 0) is 9.47 Å². The molecule has 2 fully saturated rings. The van der Waals surface area contributed by atoms with Gasteiger partial charge in [0.2, 0.25) is 0 Å². The molecule has 2 amide bonds. The molecule has 2 aliphatic heterocycles. The Bertz CT molecular complexity index is 2020. The minimum Gasteiger partial charge on any atom is -0.462 e. The Morgan fingerprint density at radius 1 is 1.02 bits per heavy atom. The molecule has 52 heavy (non-hydrogen) atoms. The summed E-state index contributed by atoms with van der Waals surface area (Å²) in [5, 5.41) is 2.99. The molecule has 0 unspecified atom stereocenters. The van der Waals surface area contributed by atoms with Gasteiger partial charge in [-0.1, -0.05) is 22.9 Å². The van der Waals surface area contributed by atoms with E-state index in [0.717, 1.165) is 30.7 Å². The fourth-order valence-corrected chi connectivity index (χ4v) is 7.61. The molecule has 0 aliphatic carbocycles. The lowest BCUT2D eigenvalue weighted by Gasteiger charge is -2.41. The average molecular weight is 760 g/mol. The van der Waals surface area contributed by atoms with E-state index < -0.39 is 35.0 Å². The second-order valence-electron chi connectivity index (χ2n) is 15.2. The lowest BCUT2D eigenvalue weighted by molar-refractivity contribution is 0.0158. The molecule has 12 nitrogen and oxygen atoms in total. The van der Waals surface area contributed by atoms with Gasteiger partial charge in [0.25, 0.3) is 0 Å². The molecule has 280 valence electrons. The summed E-state index contributed by atoms with van der Waals surface area (Å²) in [5.74, 6) is -0.954. The SMILES string of the molecule is C[C@@H]1CN(c2nc(OC[C@@H]3CCCN3C)nc3c(F)c(-c4ccc(F)c5sc(NC(=O)OC(C)(C)C)nc45)c(Cl)cc23)CCN1C(=O)OC(C)(C)C. The van der Waals surface area contributed by atoms with Crippen molar-refractivity contribution < 1.29 is 32.6 Å². The Kier molecular flexibility index (Phi) is 10.4. The number of benzene rings is 2. The molecule has 2 saturated heterocycles. The van der Waals surface area contributed by atoms with E-state index >= 15 is 8.78 Å². The largest absolute Gasteiger partial charge is 0.462 e. The summed E-state index contributed by atoms with van der Waals surface area (Å²) in [7, 11) is 2.03. The Labute approximate surface area is 310 Å². The number of rotatable bonds is 6. The number of likely N-dealkylation sites (tertiary alicyclic amines) is 1. The second kappa shape index (κ2) is 14.4. The number of hydrogen-bond donors (Lipinski definition) is 1. The maximum atomic E-state index is 17.0. The molecular weight excluding hydrogens is 716 g/mol. The topological polar surface area (TPSA) is 122 Å². The van der Waals surface area contributed by atoms with Crippen LogP contribution in [0.3, 0.4) is 0 Å². The van der Waals surface area contributed by atoms with Gasteiger partial charge >= 0.3 is 18.2 Å². The summed E-state index contributed by atoms with van der Waals surface area (Å²) in [6, 6.07) is 4.09. The Morgan fingerprint density at radius 3 is 2.40 bits per heavy atom. The number of nitrogens with one attached hydrogen (secondary N) is 1. The van der Waals surface area contributed by atoms with Gasteiger partial charge in [-0.3, -0.25) is 5.32 Å². The number of anilines is 2. The lowest BCUT2D eigenvalue weighted by Crippen LogP contribution is -2.55. The van der Waals surface area contributed by atoms with Crippen molar-refractivity contribution in [2.75, 3.05) is 50.1 Å². The number of ether oxygens (including phenoxy) is 3. The highest BCUT2D eigenvalue weighted by Crippen LogP contribution is 2.43. The van der Waals surface area contributed by atoms with E-state index in [0.29, 0.717) is 37.4 Å². The molecule has 2 aliphatic rings. The number of carbonyl (C=O) groups is 2. The average Bonchev–Trinajstić information content (AvgIpc) is 3.65. The molecule has 16 heteroatoms. The van der Waals surface area contributed by atoms with Crippen molar-refractivity contribution in [3.8, 4) is 17.1 Å². The van der Waals surface area contributed by atoms with Crippen molar-refractivity contribution in [3.05, 3.63) is 34.9 Å². The molecule has 1 N–H and O–H groups in total. The van der Waals surface area contributed by atoms with Crippen LogP contribution in [0.15, 0.2) is 18.2 Å². The van der Waals surface area contributed by atoms with Gasteiger partial charge in [-0.15, -0.1) is 0 Å². The quantitative estimate of drug-likeness (QED) is 0.206. The first-order valence-electron chi connectivity index (χ1n) is 17.3. The van der Waals surface area contributed by atoms with Crippen LogP contribution in [0.4, 0.5) is 29.3 Å². The van der Waals surface area contributed by atoms with Gasteiger partial charge in [0.15, 0.2) is 10.9 Å². The van der Waals surface area contributed by atoms with Crippen molar-refractivity contribution in [2.45, 2.75) is 84.6 Å². The van der Waals surface area contributed by atoms with Crippen molar-refractivity contribution in [1.82, 2.24) is 24.8 Å². The standard InChI is InChI=1S/C36H44ClF2N7O5S/c1-19-17-45(14-15-46(19)34(48)51-36(5,6)7)30-22-16-23(37)25(26(39)27(22)40-31(42-30)49-18-20-10-9-13-44(20)8)21-11-12-24(38)29-28(21)41-32(52-29)43-33(47)50-35(2,3)4/h11-12,16,19-20H,9-10,13-15,17-18H2,1-8H3,(H,41,43,47)/t19-,20+/m1/s1. The van der Waals surface area contributed by atoms with Crippen LogP contribution in [0.25, 0.3) is 32.2 Å². The van der Waals surface area contributed by atoms with Crippen molar-refractivity contribution in [2.24, 2.45) is 0 Å². The van der Waals surface area contributed by atoms with E-state index in [4.69, 9.17) is 30.8 Å². The predicted octanol–water partition coefficient (Wildman–Crippen LogP) is 8.10. The molecule has 0 spiro atoms. The number of thiazole rings is 1. The number of aromatic nitrogens is 3. The zero-order valence-electron chi connectivity index (χ0n) is 30.6. The minimum absolute atomic E-state index is 0.000967. The summed E-state index contributed by atoms with van der Waals surface area (Å²) in [6.07, 6.45) is 0.828. The van der Waals surface area contributed by atoms with Gasteiger partial charge in [-0.05, 0) is 93.1 Å². The predicted molar refractivity (Wildman–Crippen MR) is 199 cm³/mol. The smallest absolute Gasteiger partial charge is 0.413 e. The molecule has 2 atom stereocenters. The van der Waals surface area contributed by atoms with E-state index in [-0.39, 0.29) is 55.1 Å². The van der Waals surface area contributed by atoms with Crippen molar-refractivity contribution in [1.29, 1.82) is 0 Å². The normalized spacial score (nSPS) is 18.7. The molecular formula is C36H44ClF2N7O5S. The molecule has 2 aromatic carbocycles. The number of nitrogens with zero attached hydrogens (tertiary/aromatic N) is 6. The summed E-state index contributed by atoms with van der Waals surface area (Å²) in [6.45, 7) is 14.9. The summed E-state index contributed by atoms with van der Waals surface area (Å²) >= 11 is 7.78. The molecule has 4 aromatic rings. The monoisotopic (exact) mass is 759 g/mol. The zero-order chi connectivity index (χ0) is 37.7. The van der Waals surface area contributed by atoms with Crippen LogP contribution in [0, 0.1) is 11.6 Å². The first kappa shape index (κ1) is 37.7. The number of fused-ring (bicyclic) bond motifs is 2. The summed E-state index contributed by atoms with van der Waals surface area (Å²) in [4.78, 5) is 45.1. The molecule has 0 saturated carbocycles. The van der Waals surface area contributed by atoms with Gasteiger partial charge in [0, 0.05) is 48.2 Å². The van der Waals surface area contributed by atoms with E-state index in [1.54, 1.807) is 31.7 Å². The van der Waals surface area contributed by atoms with E-state index in [9.17, 15) is 9.59 Å². The third-order valence-corrected chi connectivity index (χ3v) is 10.1. The molecule has 6 rings (SSSR count). The number of piperazine rings is 1. The maximum Gasteiger partial charge on any atom is 0.413 e. The highest BCUT2D eigenvalue weighted by Gasteiger charge is 2.34. The third kappa shape index (κ3) is 8.11. The Hall–Kier alpha value is -4.08. The fraction of sp³-hybridized carbons (Fsp3) is 0.528. The van der Waals surface area contributed by atoms with Crippen LogP contribution in [0.2, 0.25) is 5.02 Å². The summed E-state index contributed by atoms with van der Waals surface area (Å²) < 4.78 is 49.4. The van der Waals surface area contributed by atoms with Crippen LogP contribution in [0.5, 0.6) is 6.01 Å². The first-order valence-corrected chi connectivity index (χ1v) is 18.4. The molecule has 0 radical (unpaired) electrons. The van der Waals surface area contributed by atoms with Gasteiger partial charge < -0.3 is 28.9 Å². The lowest BCUT2D eigenvalue weighted by atomic mass is 10.0. The number of amides is 2. The van der Waals surface area contributed by atoms with Crippen LogP contribution >= 0.6 is 22.9 Å². The van der Waals surface area contributed by atoms with E-state index in [2.05, 4.69) is 20.2 Å². The minimum atomic E-state index is -0.767. The first-order chi connectivity index (χ1) is 24.4. The van der Waals surface area contributed by atoms with Gasteiger partial charge in [-0.2, -0.15) is 9.97 Å². The number of hydrogen-bond acceptors (Lipinski definition) is 11. The van der Waals surface area contributed by atoms with Gasteiger partial charge in [0.05, 0.1) is 15.2 Å². The van der Waals surface area contributed by atoms with Crippen LogP contribution < -0.4 is 15.0 Å².